The molecule has 154 valence electrons. The van der Waals surface area contributed by atoms with Gasteiger partial charge >= 0.3 is 0 Å². The van der Waals surface area contributed by atoms with Crippen LogP contribution in [0, 0.1) is 0 Å². The van der Waals surface area contributed by atoms with Crippen molar-refractivity contribution in [2.45, 2.75) is 12.0 Å². The number of aliphatic hydroxyl groups is 1. The van der Waals surface area contributed by atoms with E-state index in [0.29, 0.717) is 6.42 Å². The highest BCUT2D eigenvalue weighted by Crippen LogP contribution is 2.29. The fraction of sp³-hybridized carbons (Fsp3) is 0.0667. The van der Waals surface area contributed by atoms with Crippen molar-refractivity contribution in [1.29, 1.82) is 0 Å². The molecule has 0 fully saturated rings. The highest BCUT2D eigenvalue weighted by atomic mass is 16.3. The van der Waals surface area contributed by atoms with Crippen LogP contribution in [0.2, 0.25) is 0 Å². The first kappa shape index (κ1) is 22.0. The molecular formula is C30H28O. The lowest BCUT2D eigenvalue weighted by Crippen LogP contribution is -2.22. The Labute approximate surface area is 185 Å². The van der Waals surface area contributed by atoms with E-state index in [2.05, 4.69) is 55.1 Å². The van der Waals surface area contributed by atoms with Gasteiger partial charge in [-0.25, -0.2) is 0 Å². The summed E-state index contributed by atoms with van der Waals surface area (Å²) >= 11 is 0. The fourth-order valence-electron chi connectivity index (χ4n) is 3.22. The van der Waals surface area contributed by atoms with Gasteiger partial charge in [0.1, 0.15) is 5.60 Å². The maximum Gasteiger partial charge on any atom is 0.111 e. The van der Waals surface area contributed by atoms with Crippen LogP contribution in [-0.2, 0) is 5.60 Å². The Bertz CT molecular complexity index is 1010. The Morgan fingerprint density at radius 1 is 0.613 bits per heavy atom. The van der Waals surface area contributed by atoms with E-state index >= 15 is 0 Å². The average molecular weight is 405 g/mol. The van der Waals surface area contributed by atoms with Crippen molar-refractivity contribution in [3.05, 3.63) is 157 Å². The lowest BCUT2D eigenvalue weighted by atomic mass is 9.88. The van der Waals surface area contributed by atoms with E-state index in [1.165, 1.54) is 11.1 Å². The smallest absolute Gasteiger partial charge is 0.111 e. The van der Waals surface area contributed by atoms with Crippen LogP contribution in [0.15, 0.2) is 152 Å². The molecular weight excluding hydrogens is 376 g/mol. The van der Waals surface area contributed by atoms with Gasteiger partial charge in [0.15, 0.2) is 0 Å². The number of hydrogen-bond acceptors (Lipinski definition) is 1. The van der Waals surface area contributed by atoms with Gasteiger partial charge in [-0.15, -0.1) is 0 Å². The fourth-order valence-corrected chi connectivity index (χ4v) is 3.22. The van der Waals surface area contributed by atoms with Gasteiger partial charge in [-0.05, 0) is 28.3 Å². The second-order valence-corrected chi connectivity index (χ2v) is 7.31. The first-order valence-electron chi connectivity index (χ1n) is 10.4. The molecule has 0 amide bonds. The molecule has 3 aromatic carbocycles. The third-order valence-corrected chi connectivity index (χ3v) is 4.93. The molecule has 0 aliphatic heterocycles. The molecule has 1 nitrogen and oxygen atoms in total. The van der Waals surface area contributed by atoms with E-state index in [4.69, 9.17) is 0 Å². The molecule has 0 aromatic heterocycles. The monoisotopic (exact) mass is 404 g/mol. The molecule has 0 bridgehead atoms. The van der Waals surface area contributed by atoms with Crippen molar-refractivity contribution in [3.8, 4) is 11.1 Å². The zero-order valence-electron chi connectivity index (χ0n) is 17.6. The summed E-state index contributed by atoms with van der Waals surface area (Å²) in [5.41, 5.74) is 3.80. The Morgan fingerprint density at radius 2 is 1.10 bits per heavy atom. The van der Waals surface area contributed by atoms with Gasteiger partial charge in [0, 0.05) is 6.42 Å². The summed E-state index contributed by atoms with van der Waals surface area (Å²) in [5.74, 6) is 0. The Kier molecular flexibility index (Phi) is 8.16. The molecule has 0 saturated carbocycles. The molecule has 0 radical (unpaired) electrons. The number of allylic oxidation sites excluding steroid dienone is 7. The zero-order valence-corrected chi connectivity index (χ0v) is 17.6. The van der Waals surface area contributed by atoms with Crippen molar-refractivity contribution in [2.75, 3.05) is 0 Å². The van der Waals surface area contributed by atoms with Crippen LogP contribution in [-0.4, -0.2) is 5.11 Å². The molecule has 1 N–H and O–H groups in total. The summed E-state index contributed by atoms with van der Waals surface area (Å²) in [4.78, 5) is 0. The molecule has 1 atom stereocenters. The van der Waals surface area contributed by atoms with Crippen LogP contribution in [0.3, 0.4) is 0 Å². The number of hydrogen-bond donors (Lipinski definition) is 1. The number of benzene rings is 3. The van der Waals surface area contributed by atoms with Crippen LogP contribution in [0.4, 0.5) is 0 Å². The molecule has 31 heavy (non-hydrogen) atoms. The second-order valence-electron chi connectivity index (χ2n) is 7.31. The molecule has 1 heteroatoms. The quantitative estimate of drug-likeness (QED) is 0.471. The molecule has 2 aliphatic carbocycles. The van der Waals surface area contributed by atoms with Crippen molar-refractivity contribution >= 4 is 0 Å². The predicted molar refractivity (Wildman–Crippen MR) is 133 cm³/mol. The summed E-state index contributed by atoms with van der Waals surface area (Å²) in [6.07, 6.45) is 16.2. The molecule has 5 rings (SSSR count). The minimum absolute atomic E-state index is 0.660. The highest BCUT2D eigenvalue weighted by molar-refractivity contribution is 5.62. The van der Waals surface area contributed by atoms with E-state index in [1.54, 1.807) is 0 Å². The molecule has 1 unspecified atom stereocenters. The SMILES string of the molecule is C=C1C=CC=C1.OC1(c2ccccc2)C=CC=CC1.c1ccc(-c2ccccc2)cc1. The molecule has 0 saturated heterocycles. The van der Waals surface area contributed by atoms with E-state index in [1.807, 2.05) is 91.1 Å². The maximum absolute atomic E-state index is 10.2. The summed E-state index contributed by atoms with van der Waals surface area (Å²) in [5, 5.41) is 10.2. The van der Waals surface area contributed by atoms with Gasteiger partial charge in [0.25, 0.3) is 0 Å². The molecule has 0 spiro atoms. The third-order valence-electron chi connectivity index (χ3n) is 4.93. The third kappa shape index (κ3) is 6.95. The van der Waals surface area contributed by atoms with Gasteiger partial charge < -0.3 is 5.11 Å². The van der Waals surface area contributed by atoms with Gasteiger partial charge in [-0.1, -0.05) is 140 Å². The number of rotatable bonds is 2. The maximum atomic E-state index is 10.2. The Balaban J connectivity index is 0.000000140. The minimum Gasteiger partial charge on any atom is -0.381 e. The minimum atomic E-state index is -0.796. The van der Waals surface area contributed by atoms with Crippen LogP contribution >= 0.6 is 0 Å². The zero-order chi connectivity index (χ0) is 21.8. The van der Waals surface area contributed by atoms with E-state index in [-0.39, 0.29) is 0 Å². The summed E-state index contributed by atoms with van der Waals surface area (Å²) in [7, 11) is 0. The van der Waals surface area contributed by atoms with Crippen LogP contribution in [0.5, 0.6) is 0 Å². The van der Waals surface area contributed by atoms with Crippen molar-refractivity contribution < 1.29 is 5.11 Å². The van der Waals surface area contributed by atoms with Crippen molar-refractivity contribution in [3.63, 3.8) is 0 Å². The van der Waals surface area contributed by atoms with Crippen LogP contribution in [0.25, 0.3) is 11.1 Å². The van der Waals surface area contributed by atoms with Crippen LogP contribution < -0.4 is 0 Å². The second kappa shape index (κ2) is 11.5. The topological polar surface area (TPSA) is 20.2 Å². The average Bonchev–Trinajstić information content (AvgIpc) is 3.33. The van der Waals surface area contributed by atoms with Gasteiger partial charge in [0.2, 0.25) is 0 Å². The van der Waals surface area contributed by atoms with Gasteiger partial charge in [-0.2, -0.15) is 0 Å². The predicted octanol–water partition coefficient (Wildman–Crippen LogP) is 7.41. The normalized spacial score (nSPS) is 18.0. The summed E-state index contributed by atoms with van der Waals surface area (Å²) < 4.78 is 0. The van der Waals surface area contributed by atoms with Gasteiger partial charge in [0.05, 0.1) is 0 Å². The summed E-state index contributed by atoms with van der Waals surface area (Å²) in [6, 6.07) is 30.5. The first-order valence-corrected chi connectivity index (χ1v) is 10.4. The molecule has 3 aromatic rings. The molecule has 0 heterocycles. The van der Waals surface area contributed by atoms with E-state index in [9.17, 15) is 5.11 Å². The Hall–Kier alpha value is -3.68. The lowest BCUT2D eigenvalue weighted by Gasteiger charge is -2.25. The van der Waals surface area contributed by atoms with Crippen LogP contribution in [0.1, 0.15) is 12.0 Å². The van der Waals surface area contributed by atoms with E-state index < -0.39 is 5.60 Å². The largest absolute Gasteiger partial charge is 0.381 e. The summed E-state index contributed by atoms with van der Waals surface area (Å²) in [6.45, 7) is 3.68. The van der Waals surface area contributed by atoms with Gasteiger partial charge in [-0.3, -0.25) is 0 Å². The standard InChI is InChI=1S/C12H12O.C12H10.C6H6/c13-12(9-5-2-6-10-12)11-7-3-1-4-8-11;1-3-7-11(8-4-1)12-9-5-2-6-10-12;1-6-4-2-3-5-6/h1-9,13H,10H2;1-10H;2-5H,1H2. The molecule has 2 aliphatic rings. The highest BCUT2D eigenvalue weighted by Gasteiger charge is 2.24. The first-order chi connectivity index (χ1) is 15.2. The lowest BCUT2D eigenvalue weighted by molar-refractivity contribution is 0.0916. The van der Waals surface area contributed by atoms with Crippen molar-refractivity contribution in [2.24, 2.45) is 0 Å². The van der Waals surface area contributed by atoms with E-state index in [0.717, 1.165) is 11.1 Å². The van der Waals surface area contributed by atoms with Crippen molar-refractivity contribution in [1.82, 2.24) is 0 Å². The Morgan fingerprint density at radius 3 is 1.48 bits per heavy atom.